The van der Waals surface area contributed by atoms with Crippen LogP contribution in [0.15, 0.2) is 18.2 Å². The van der Waals surface area contributed by atoms with Crippen LogP contribution >= 0.6 is 0 Å². The molecule has 21 heavy (non-hydrogen) atoms. The van der Waals surface area contributed by atoms with Crippen molar-refractivity contribution in [3.8, 4) is 0 Å². The lowest BCUT2D eigenvalue weighted by Crippen LogP contribution is -2.38. The van der Waals surface area contributed by atoms with Crippen LogP contribution in [0.3, 0.4) is 0 Å². The molecule has 2 aliphatic rings. The topological polar surface area (TPSA) is 46.4 Å². The number of likely N-dealkylation sites (tertiary alicyclic amines) is 1. The van der Waals surface area contributed by atoms with E-state index in [0.717, 1.165) is 18.7 Å². The van der Waals surface area contributed by atoms with Crippen LogP contribution in [0.25, 0.3) is 0 Å². The first kappa shape index (κ1) is 14.4. The van der Waals surface area contributed by atoms with E-state index in [4.69, 9.17) is 0 Å². The Bertz CT molecular complexity index is 531. The largest absolute Gasteiger partial charge is 0.304 e. The van der Waals surface area contributed by atoms with E-state index in [1.165, 1.54) is 50.7 Å². The number of hydrogen-bond donors (Lipinski definition) is 0. The van der Waals surface area contributed by atoms with Crippen molar-refractivity contribution in [3.63, 3.8) is 0 Å². The summed E-state index contributed by atoms with van der Waals surface area (Å²) in [7, 11) is 0. The second-order valence-corrected chi connectivity index (χ2v) is 6.53. The molecule has 0 radical (unpaired) electrons. The summed E-state index contributed by atoms with van der Waals surface area (Å²) in [6.45, 7) is 2.79. The van der Waals surface area contributed by atoms with Gasteiger partial charge in [0.05, 0.1) is 4.92 Å². The Morgan fingerprint density at radius 3 is 2.43 bits per heavy atom. The van der Waals surface area contributed by atoms with Gasteiger partial charge in [-0.15, -0.1) is 0 Å². The van der Waals surface area contributed by atoms with Crippen molar-refractivity contribution in [3.05, 3.63) is 39.7 Å². The molecule has 1 saturated carbocycles. The van der Waals surface area contributed by atoms with Crippen molar-refractivity contribution in [1.29, 1.82) is 0 Å². The quantitative estimate of drug-likeness (QED) is 0.627. The highest BCUT2D eigenvalue weighted by Gasteiger charge is 2.36. The molecule has 0 amide bonds. The molecule has 1 aromatic rings. The maximum absolute atomic E-state index is 13.6. The van der Waals surface area contributed by atoms with Crippen molar-refractivity contribution in [1.82, 2.24) is 4.90 Å². The van der Waals surface area contributed by atoms with Crippen LogP contribution in [-0.2, 0) is 6.54 Å². The minimum absolute atomic E-state index is 0.442. The Hall–Kier alpha value is -1.49. The predicted molar refractivity (Wildman–Crippen MR) is 78.5 cm³/mol. The molecule has 5 heteroatoms. The molecule has 0 atom stereocenters. The van der Waals surface area contributed by atoms with Crippen LogP contribution in [-0.4, -0.2) is 22.9 Å². The number of nitro benzene ring substituents is 1. The Morgan fingerprint density at radius 1 is 1.19 bits per heavy atom. The fourth-order valence-corrected chi connectivity index (χ4v) is 3.87. The first-order valence-corrected chi connectivity index (χ1v) is 7.73. The lowest BCUT2D eigenvalue weighted by atomic mass is 9.77. The molecule has 1 saturated heterocycles. The summed E-state index contributed by atoms with van der Waals surface area (Å²) in [6.07, 6.45) is 7.95. The van der Waals surface area contributed by atoms with Gasteiger partial charge in [-0.1, -0.05) is 18.9 Å². The fourth-order valence-electron chi connectivity index (χ4n) is 3.87. The number of hydrogen-bond acceptors (Lipinski definition) is 3. The van der Waals surface area contributed by atoms with Gasteiger partial charge in [0.25, 0.3) is 0 Å². The number of rotatable bonds is 3. The van der Waals surface area contributed by atoms with Gasteiger partial charge in [0.1, 0.15) is 0 Å². The summed E-state index contributed by atoms with van der Waals surface area (Å²) in [5.41, 5.74) is 0.958. The predicted octanol–water partition coefficient (Wildman–Crippen LogP) is 3.89. The zero-order valence-electron chi connectivity index (χ0n) is 12.2. The first-order valence-electron chi connectivity index (χ1n) is 7.73. The summed E-state index contributed by atoms with van der Waals surface area (Å²) in [5, 5.41) is 10.6. The molecular weight excluding hydrogens is 271 g/mol. The molecule has 4 nitrogen and oxygen atoms in total. The molecular formula is C16H21FN2O2. The molecule has 0 bridgehead atoms. The Morgan fingerprint density at radius 2 is 1.86 bits per heavy atom. The molecule has 2 fully saturated rings. The summed E-state index contributed by atoms with van der Waals surface area (Å²) in [5.74, 6) is -0.734. The summed E-state index contributed by atoms with van der Waals surface area (Å²) >= 11 is 0. The monoisotopic (exact) mass is 292 g/mol. The van der Waals surface area contributed by atoms with E-state index in [1.54, 1.807) is 6.07 Å². The van der Waals surface area contributed by atoms with E-state index in [0.29, 0.717) is 12.0 Å². The van der Waals surface area contributed by atoms with Gasteiger partial charge in [0.2, 0.25) is 5.82 Å². The van der Waals surface area contributed by atoms with Crippen molar-refractivity contribution in [2.75, 3.05) is 13.1 Å². The average Bonchev–Trinajstić information content (AvgIpc) is 2.90. The molecule has 1 heterocycles. The SMILES string of the molecule is O=[N+]([O-])c1ccc(CN2CCC3(CCCC3)CC2)cc1F. The third kappa shape index (κ3) is 3.07. The Balaban J connectivity index is 1.60. The molecule has 1 aliphatic heterocycles. The lowest BCUT2D eigenvalue weighted by Gasteiger charge is -2.39. The van der Waals surface area contributed by atoms with Gasteiger partial charge in [-0.25, -0.2) is 0 Å². The molecule has 0 unspecified atom stereocenters. The first-order chi connectivity index (χ1) is 10.1. The highest BCUT2D eigenvalue weighted by atomic mass is 19.1. The molecule has 1 spiro atoms. The minimum Gasteiger partial charge on any atom is -0.299 e. The smallest absolute Gasteiger partial charge is 0.299 e. The number of piperidine rings is 1. The number of nitrogens with zero attached hydrogens (tertiary/aromatic N) is 2. The van der Waals surface area contributed by atoms with Gasteiger partial charge in [0.15, 0.2) is 0 Å². The lowest BCUT2D eigenvalue weighted by molar-refractivity contribution is -0.387. The normalized spacial score (nSPS) is 21.8. The van der Waals surface area contributed by atoms with Crippen LogP contribution in [0.4, 0.5) is 10.1 Å². The van der Waals surface area contributed by atoms with Gasteiger partial charge in [0, 0.05) is 12.6 Å². The van der Waals surface area contributed by atoms with Gasteiger partial charge < -0.3 is 0 Å². The maximum Gasteiger partial charge on any atom is 0.304 e. The molecule has 0 N–H and O–H groups in total. The third-order valence-corrected chi connectivity index (χ3v) is 5.20. The van der Waals surface area contributed by atoms with Crippen LogP contribution < -0.4 is 0 Å². The van der Waals surface area contributed by atoms with E-state index in [2.05, 4.69) is 4.90 Å². The van der Waals surface area contributed by atoms with E-state index in [1.807, 2.05) is 0 Å². The van der Waals surface area contributed by atoms with E-state index >= 15 is 0 Å². The Kier molecular flexibility index (Phi) is 3.93. The Labute approximate surface area is 124 Å². The summed E-state index contributed by atoms with van der Waals surface area (Å²) in [4.78, 5) is 12.3. The summed E-state index contributed by atoms with van der Waals surface area (Å²) < 4.78 is 13.6. The van der Waals surface area contributed by atoms with Gasteiger partial charge in [-0.2, -0.15) is 4.39 Å². The fraction of sp³-hybridized carbons (Fsp3) is 0.625. The average molecular weight is 292 g/mol. The van der Waals surface area contributed by atoms with Gasteiger partial charge >= 0.3 is 5.69 Å². The van der Waals surface area contributed by atoms with Crippen LogP contribution in [0.1, 0.15) is 44.1 Å². The van der Waals surface area contributed by atoms with Gasteiger partial charge in [-0.3, -0.25) is 15.0 Å². The van der Waals surface area contributed by atoms with Crippen LogP contribution in [0.5, 0.6) is 0 Å². The molecule has 3 rings (SSSR count). The number of nitro groups is 1. The van der Waals surface area contributed by atoms with E-state index in [9.17, 15) is 14.5 Å². The third-order valence-electron chi connectivity index (χ3n) is 5.20. The second-order valence-electron chi connectivity index (χ2n) is 6.53. The molecule has 1 aromatic carbocycles. The van der Waals surface area contributed by atoms with Crippen LogP contribution in [0.2, 0.25) is 0 Å². The van der Waals surface area contributed by atoms with Crippen molar-refractivity contribution in [2.24, 2.45) is 5.41 Å². The van der Waals surface area contributed by atoms with Crippen molar-refractivity contribution >= 4 is 5.69 Å². The summed E-state index contributed by atoms with van der Waals surface area (Å²) in [6, 6.07) is 4.24. The zero-order valence-corrected chi connectivity index (χ0v) is 12.2. The van der Waals surface area contributed by atoms with Crippen molar-refractivity contribution in [2.45, 2.75) is 45.1 Å². The number of benzene rings is 1. The van der Waals surface area contributed by atoms with E-state index in [-0.39, 0.29) is 0 Å². The molecule has 114 valence electrons. The molecule has 1 aliphatic carbocycles. The maximum atomic E-state index is 13.6. The highest BCUT2D eigenvalue weighted by Crippen LogP contribution is 2.46. The number of halogens is 1. The zero-order chi connectivity index (χ0) is 14.9. The highest BCUT2D eigenvalue weighted by molar-refractivity contribution is 5.35. The van der Waals surface area contributed by atoms with Crippen LogP contribution in [0, 0.1) is 21.3 Å². The second kappa shape index (κ2) is 5.72. The van der Waals surface area contributed by atoms with E-state index < -0.39 is 16.4 Å². The van der Waals surface area contributed by atoms with Crippen molar-refractivity contribution < 1.29 is 9.31 Å². The van der Waals surface area contributed by atoms with Gasteiger partial charge in [-0.05, 0) is 55.8 Å². The molecule has 0 aromatic heterocycles. The minimum atomic E-state index is -0.734. The standard InChI is InChI=1S/C16H21FN2O2/c17-14-11-13(3-4-15(14)19(20)21)12-18-9-7-16(8-10-18)5-1-2-6-16/h3-4,11H,1-2,5-10,12H2.